The van der Waals surface area contributed by atoms with Crippen molar-refractivity contribution in [2.24, 2.45) is 4.99 Å². The first-order valence-electron chi connectivity index (χ1n) is 9.62. The SMILES string of the molecule is COC(=O)/C=C(/C)NC(C([O-])=N[C@@H]1C(=O)N2[C@@H]1SC(C)(C)[C@@H]2C(=O)O)c1ccccc1.[K+]. The van der Waals surface area contributed by atoms with Gasteiger partial charge < -0.3 is 25.2 Å². The van der Waals surface area contributed by atoms with Crippen LogP contribution in [-0.4, -0.2) is 63.1 Å². The van der Waals surface area contributed by atoms with Gasteiger partial charge in [0.2, 0.25) is 0 Å². The molecule has 9 nitrogen and oxygen atoms in total. The zero-order valence-electron chi connectivity index (χ0n) is 18.6. The van der Waals surface area contributed by atoms with Gasteiger partial charge >= 0.3 is 63.3 Å². The minimum Gasteiger partial charge on any atom is -0.860 e. The van der Waals surface area contributed by atoms with Crippen LogP contribution in [0.4, 0.5) is 0 Å². The predicted octanol–water partition coefficient (Wildman–Crippen LogP) is -2.33. The molecule has 2 heterocycles. The summed E-state index contributed by atoms with van der Waals surface area (Å²) in [5.74, 6) is -2.71. The Hall–Kier alpha value is -1.37. The number of hydrogen-bond acceptors (Lipinski definition) is 8. The van der Waals surface area contributed by atoms with Crippen molar-refractivity contribution in [3.63, 3.8) is 0 Å². The van der Waals surface area contributed by atoms with E-state index in [-0.39, 0.29) is 51.4 Å². The van der Waals surface area contributed by atoms with E-state index in [9.17, 15) is 24.6 Å². The number of aliphatic imine (C=N–C) groups is 1. The van der Waals surface area contributed by atoms with E-state index in [0.29, 0.717) is 11.3 Å². The number of ether oxygens (including phenoxy) is 1. The van der Waals surface area contributed by atoms with Gasteiger partial charge in [-0.2, -0.15) is 0 Å². The first kappa shape index (κ1) is 26.9. The molecule has 0 spiro atoms. The summed E-state index contributed by atoms with van der Waals surface area (Å²) in [7, 11) is 1.25. The van der Waals surface area contributed by atoms with Crippen molar-refractivity contribution in [3.8, 4) is 0 Å². The maximum atomic E-state index is 13.1. The summed E-state index contributed by atoms with van der Waals surface area (Å²) < 4.78 is 3.91. The average molecular weight is 486 g/mol. The van der Waals surface area contributed by atoms with Crippen molar-refractivity contribution < 1.29 is 80.7 Å². The van der Waals surface area contributed by atoms with Gasteiger partial charge in [0.15, 0.2) is 6.04 Å². The van der Waals surface area contributed by atoms with Gasteiger partial charge in [-0.15, -0.1) is 11.8 Å². The summed E-state index contributed by atoms with van der Waals surface area (Å²) in [6, 6.07) is 5.97. The third-order valence-electron chi connectivity index (χ3n) is 5.20. The molecular weight excluding hydrogens is 461 g/mol. The molecule has 166 valence electrons. The number of benzene rings is 1. The van der Waals surface area contributed by atoms with Crippen LogP contribution in [0.15, 0.2) is 47.1 Å². The van der Waals surface area contributed by atoms with Crippen LogP contribution in [0, 0.1) is 0 Å². The number of nitrogens with zero attached hydrogens (tertiary/aromatic N) is 2. The zero-order chi connectivity index (χ0) is 22.9. The number of β-lactam (4-membered cyclic amide) rings is 1. The van der Waals surface area contributed by atoms with Crippen LogP contribution in [0.1, 0.15) is 32.4 Å². The summed E-state index contributed by atoms with van der Waals surface area (Å²) >= 11 is 1.33. The van der Waals surface area contributed by atoms with E-state index in [1.165, 1.54) is 29.8 Å². The minimum atomic E-state index is -1.08. The summed E-state index contributed by atoms with van der Waals surface area (Å²) in [5, 5.41) is 25.1. The van der Waals surface area contributed by atoms with Crippen LogP contribution in [-0.2, 0) is 19.1 Å². The third kappa shape index (κ3) is 5.40. The van der Waals surface area contributed by atoms with Crippen molar-refractivity contribution in [3.05, 3.63) is 47.7 Å². The molecule has 32 heavy (non-hydrogen) atoms. The number of thioether (sulfide) groups is 1. The second-order valence-corrected chi connectivity index (χ2v) is 9.62. The normalized spacial score (nSPS) is 25.2. The summed E-state index contributed by atoms with van der Waals surface area (Å²) in [6.45, 7) is 5.13. The molecule has 0 aromatic heterocycles. The van der Waals surface area contributed by atoms with E-state index >= 15 is 0 Å². The van der Waals surface area contributed by atoms with Crippen LogP contribution >= 0.6 is 11.8 Å². The van der Waals surface area contributed by atoms with E-state index in [4.69, 9.17) is 0 Å². The van der Waals surface area contributed by atoms with Gasteiger partial charge in [-0.3, -0.25) is 9.79 Å². The van der Waals surface area contributed by atoms with E-state index in [1.54, 1.807) is 51.1 Å². The summed E-state index contributed by atoms with van der Waals surface area (Å²) in [4.78, 5) is 41.3. The van der Waals surface area contributed by atoms with Gasteiger partial charge in [0, 0.05) is 16.5 Å². The van der Waals surface area contributed by atoms with Crippen LogP contribution in [0.5, 0.6) is 0 Å². The molecule has 11 heteroatoms. The Bertz CT molecular complexity index is 952. The molecular formula is C21H24KN3O6S. The Morgan fingerprint density at radius 3 is 2.53 bits per heavy atom. The Morgan fingerprint density at radius 2 is 1.97 bits per heavy atom. The number of nitrogens with one attached hydrogen (secondary N) is 1. The van der Waals surface area contributed by atoms with E-state index in [0.717, 1.165) is 0 Å². The topological polar surface area (TPSA) is 131 Å². The number of carboxylic acid groups (broad SMARTS) is 1. The quantitative estimate of drug-likeness (QED) is 0.110. The average Bonchev–Trinajstić information content (AvgIpc) is 2.98. The fourth-order valence-electron chi connectivity index (χ4n) is 3.76. The molecule has 0 radical (unpaired) electrons. The second-order valence-electron chi connectivity index (χ2n) is 7.85. The minimum absolute atomic E-state index is 0. The molecule has 1 aromatic rings. The van der Waals surface area contributed by atoms with Gasteiger partial charge in [-0.1, -0.05) is 30.3 Å². The molecule has 2 fully saturated rings. The number of aliphatic carboxylic acids is 1. The van der Waals surface area contributed by atoms with Crippen molar-refractivity contribution in [2.45, 2.75) is 49.0 Å². The largest absolute Gasteiger partial charge is 1.00 e. The molecule has 2 aliphatic heterocycles. The molecule has 1 amide bonds. The molecule has 3 rings (SSSR count). The molecule has 0 aliphatic carbocycles. The second kappa shape index (κ2) is 10.7. The Morgan fingerprint density at radius 1 is 1.34 bits per heavy atom. The zero-order valence-corrected chi connectivity index (χ0v) is 22.5. The first-order chi connectivity index (χ1) is 14.6. The van der Waals surface area contributed by atoms with Gasteiger partial charge in [0.05, 0.1) is 13.2 Å². The molecule has 1 unspecified atom stereocenters. The number of carbonyl (C=O) groups is 3. The van der Waals surface area contributed by atoms with Gasteiger partial charge in [-0.05, 0) is 32.2 Å². The Kier molecular flexibility index (Phi) is 8.99. The number of amides is 1. The number of fused-ring (bicyclic) bond motifs is 1. The molecule has 0 bridgehead atoms. The maximum Gasteiger partial charge on any atom is 1.00 e. The summed E-state index contributed by atoms with van der Waals surface area (Å²) in [5.41, 5.74) is 1.01. The number of carbonyl (C=O) groups excluding carboxylic acids is 2. The number of esters is 1. The number of carboxylic acids is 1. The van der Waals surface area contributed by atoms with Crippen molar-refractivity contribution in [1.82, 2.24) is 10.2 Å². The van der Waals surface area contributed by atoms with E-state index < -0.39 is 52.0 Å². The van der Waals surface area contributed by atoms with E-state index in [2.05, 4.69) is 15.0 Å². The van der Waals surface area contributed by atoms with Gasteiger partial charge in [0.1, 0.15) is 11.4 Å². The van der Waals surface area contributed by atoms with Crippen molar-refractivity contribution >= 4 is 35.5 Å². The maximum absolute atomic E-state index is 13.1. The van der Waals surface area contributed by atoms with Crippen LogP contribution in [0.2, 0.25) is 0 Å². The van der Waals surface area contributed by atoms with Crippen LogP contribution in [0.3, 0.4) is 0 Å². The Labute approximate surface area is 233 Å². The molecule has 1 aromatic carbocycles. The van der Waals surface area contributed by atoms with Gasteiger partial charge in [0.25, 0.3) is 5.91 Å². The number of methoxy groups -OCH3 is 1. The number of allylic oxidation sites excluding steroid dienone is 1. The smallest absolute Gasteiger partial charge is 0.860 e. The molecule has 2 aliphatic rings. The monoisotopic (exact) mass is 485 g/mol. The standard InChI is InChI=1S/C21H25N3O6S.K/c1-11(10-13(25)30-4)22-14(12-8-6-5-7-9-12)17(26)23-15-18(27)24-16(20(28)29)21(2,3)31-19(15)24;/h5-10,14-16,19,22H,1-4H3,(H,23,26)(H,28,29);/q;+1/p-1/b11-10-;/t14?,15-,16+,19-;/m1./s1. The first-order valence-corrected chi connectivity index (χ1v) is 10.5. The predicted molar refractivity (Wildman–Crippen MR) is 113 cm³/mol. The molecule has 2 N–H and O–H groups in total. The Balaban J connectivity index is 0.00000363. The van der Waals surface area contributed by atoms with Crippen molar-refractivity contribution in [1.29, 1.82) is 0 Å². The molecule has 4 atom stereocenters. The van der Waals surface area contributed by atoms with Crippen LogP contribution in [0.25, 0.3) is 0 Å². The van der Waals surface area contributed by atoms with E-state index in [1.807, 2.05) is 0 Å². The number of hydrogen-bond donors (Lipinski definition) is 2. The third-order valence-corrected chi connectivity index (χ3v) is 6.76. The fraction of sp³-hybridized carbons (Fsp3) is 0.429. The van der Waals surface area contributed by atoms with Crippen molar-refractivity contribution in [2.75, 3.05) is 7.11 Å². The summed E-state index contributed by atoms with van der Waals surface area (Å²) in [6.07, 6.45) is 1.21. The number of rotatable bonds is 7. The van der Waals surface area contributed by atoms with Crippen LogP contribution < -0.4 is 61.8 Å². The molecule has 0 saturated carbocycles. The molecule has 2 saturated heterocycles. The van der Waals surface area contributed by atoms with Gasteiger partial charge in [-0.25, -0.2) is 9.59 Å². The fourth-order valence-corrected chi connectivity index (χ4v) is 5.37.